The molecule has 0 aliphatic carbocycles. The number of amides is 1. The van der Waals surface area contributed by atoms with E-state index in [0.29, 0.717) is 35.1 Å². The number of aromatic nitrogens is 3. The Morgan fingerprint density at radius 1 is 1.26 bits per heavy atom. The van der Waals surface area contributed by atoms with Gasteiger partial charge in [0.25, 0.3) is 5.91 Å². The molecule has 1 amide bonds. The van der Waals surface area contributed by atoms with Crippen LogP contribution in [0, 0.1) is 19.7 Å². The second kappa shape index (κ2) is 6.37. The number of benzene rings is 1. The largest absolute Gasteiger partial charge is 0.352 e. The number of pyridine rings is 1. The Balaban J connectivity index is 1.77. The van der Waals surface area contributed by atoms with Crippen molar-refractivity contribution in [1.29, 1.82) is 0 Å². The van der Waals surface area contributed by atoms with Crippen LogP contribution in [0.1, 0.15) is 26.1 Å². The van der Waals surface area contributed by atoms with Gasteiger partial charge in [0.1, 0.15) is 15.8 Å². The molecule has 1 aromatic carbocycles. The number of hydrogen-bond acceptors (Lipinski definition) is 5. The molecule has 0 fully saturated rings. The summed E-state index contributed by atoms with van der Waals surface area (Å²) >= 11 is 1.52. The average Bonchev–Trinajstić information content (AvgIpc) is 2.91. The normalized spacial score (nSPS) is 10.9. The van der Waals surface area contributed by atoms with E-state index in [1.807, 2.05) is 6.92 Å². The quantitative estimate of drug-likeness (QED) is 0.799. The van der Waals surface area contributed by atoms with Crippen molar-refractivity contribution < 1.29 is 9.18 Å². The first kappa shape index (κ1) is 15.5. The van der Waals surface area contributed by atoms with Crippen molar-refractivity contribution in [3.05, 3.63) is 51.4 Å². The van der Waals surface area contributed by atoms with E-state index in [0.717, 1.165) is 10.0 Å². The van der Waals surface area contributed by atoms with Gasteiger partial charge in [0, 0.05) is 30.1 Å². The van der Waals surface area contributed by atoms with Gasteiger partial charge in [-0.25, -0.2) is 4.39 Å². The highest BCUT2D eigenvalue weighted by Crippen LogP contribution is 2.19. The minimum absolute atomic E-state index is 0.201. The average molecular weight is 330 g/mol. The van der Waals surface area contributed by atoms with Crippen LogP contribution < -0.4 is 5.32 Å². The maximum Gasteiger partial charge on any atom is 0.252 e. The van der Waals surface area contributed by atoms with Crippen molar-refractivity contribution in [2.75, 3.05) is 6.54 Å². The van der Waals surface area contributed by atoms with Crippen LogP contribution in [-0.4, -0.2) is 27.6 Å². The van der Waals surface area contributed by atoms with Gasteiger partial charge in [-0.15, -0.1) is 21.5 Å². The van der Waals surface area contributed by atoms with Crippen molar-refractivity contribution in [3.8, 4) is 0 Å². The van der Waals surface area contributed by atoms with Gasteiger partial charge in [-0.2, -0.15) is 0 Å². The van der Waals surface area contributed by atoms with Crippen molar-refractivity contribution in [3.63, 3.8) is 0 Å². The van der Waals surface area contributed by atoms with Gasteiger partial charge >= 0.3 is 0 Å². The standard InChI is InChI=1S/C16H15FN4OS/c1-9-7-13(12-4-3-11(17)8-14(12)19-9)16(22)18-6-5-15-21-20-10(2)23-15/h3-4,7-8H,5-6H2,1-2H3,(H,18,22). The molecule has 0 saturated heterocycles. The summed E-state index contributed by atoms with van der Waals surface area (Å²) in [5, 5.41) is 13.3. The number of fused-ring (bicyclic) bond motifs is 1. The van der Waals surface area contributed by atoms with E-state index in [1.54, 1.807) is 19.1 Å². The highest BCUT2D eigenvalue weighted by molar-refractivity contribution is 7.11. The van der Waals surface area contributed by atoms with Gasteiger partial charge < -0.3 is 5.32 Å². The third-order valence-electron chi connectivity index (χ3n) is 3.34. The lowest BCUT2D eigenvalue weighted by Crippen LogP contribution is -2.26. The summed E-state index contributed by atoms with van der Waals surface area (Å²) in [6.45, 7) is 4.15. The van der Waals surface area contributed by atoms with E-state index in [2.05, 4.69) is 20.5 Å². The molecule has 0 spiro atoms. The lowest BCUT2D eigenvalue weighted by atomic mass is 10.1. The lowest BCUT2D eigenvalue weighted by molar-refractivity contribution is 0.0955. The van der Waals surface area contributed by atoms with E-state index in [-0.39, 0.29) is 11.7 Å². The molecular weight excluding hydrogens is 315 g/mol. The van der Waals surface area contributed by atoms with Crippen LogP contribution in [0.3, 0.4) is 0 Å². The van der Waals surface area contributed by atoms with Gasteiger partial charge in [0.15, 0.2) is 0 Å². The number of nitrogens with one attached hydrogen (secondary N) is 1. The van der Waals surface area contributed by atoms with Gasteiger partial charge in [0.05, 0.1) is 11.1 Å². The summed E-state index contributed by atoms with van der Waals surface area (Å²) in [6.07, 6.45) is 0.633. The molecule has 0 saturated carbocycles. The predicted molar refractivity (Wildman–Crippen MR) is 87.1 cm³/mol. The Hall–Kier alpha value is -2.41. The van der Waals surface area contributed by atoms with Crippen LogP contribution in [0.25, 0.3) is 10.9 Å². The Kier molecular flexibility index (Phi) is 4.29. The molecular formula is C16H15FN4OS. The van der Waals surface area contributed by atoms with Crippen LogP contribution in [0.15, 0.2) is 24.3 Å². The second-order valence-corrected chi connectivity index (χ2v) is 6.46. The number of carbonyl (C=O) groups is 1. The summed E-state index contributed by atoms with van der Waals surface area (Å²) in [5.74, 6) is -0.568. The number of halogens is 1. The zero-order chi connectivity index (χ0) is 16.4. The molecule has 118 valence electrons. The molecule has 2 aromatic heterocycles. The highest BCUT2D eigenvalue weighted by atomic mass is 32.1. The monoisotopic (exact) mass is 330 g/mol. The van der Waals surface area contributed by atoms with Gasteiger partial charge in [-0.1, -0.05) is 0 Å². The first-order valence-electron chi connectivity index (χ1n) is 7.17. The van der Waals surface area contributed by atoms with Gasteiger partial charge in [0.2, 0.25) is 0 Å². The zero-order valence-electron chi connectivity index (χ0n) is 12.8. The first-order chi connectivity index (χ1) is 11.0. The minimum Gasteiger partial charge on any atom is -0.352 e. The van der Waals surface area contributed by atoms with E-state index in [1.165, 1.54) is 23.5 Å². The molecule has 0 unspecified atom stereocenters. The fourth-order valence-electron chi connectivity index (χ4n) is 2.34. The fourth-order valence-corrected chi connectivity index (χ4v) is 3.05. The fraction of sp³-hybridized carbons (Fsp3) is 0.250. The third kappa shape index (κ3) is 3.50. The topological polar surface area (TPSA) is 67.8 Å². The molecule has 0 atom stereocenters. The van der Waals surface area contributed by atoms with Crippen LogP contribution in [-0.2, 0) is 6.42 Å². The SMILES string of the molecule is Cc1cc(C(=O)NCCc2nnc(C)s2)c2ccc(F)cc2n1. The molecule has 3 aromatic rings. The van der Waals surface area contributed by atoms with Crippen LogP contribution in [0.5, 0.6) is 0 Å². The van der Waals surface area contributed by atoms with E-state index < -0.39 is 0 Å². The van der Waals surface area contributed by atoms with Crippen molar-refractivity contribution in [2.24, 2.45) is 0 Å². The van der Waals surface area contributed by atoms with Gasteiger partial charge in [-0.3, -0.25) is 9.78 Å². The molecule has 0 radical (unpaired) electrons. The summed E-state index contributed by atoms with van der Waals surface area (Å²) in [7, 11) is 0. The molecule has 2 heterocycles. The Labute approximate surface area is 136 Å². The Morgan fingerprint density at radius 2 is 2.09 bits per heavy atom. The number of nitrogens with zero attached hydrogens (tertiary/aromatic N) is 3. The van der Waals surface area contributed by atoms with Crippen LogP contribution >= 0.6 is 11.3 Å². The second-order valence-electron chi connectivity index (χ2n) is 5.19. The molecule has 5 nitrogen and oxygen atoms in total. The maximum atomic E-state index is 13.3. The summed E-state index contributed by atoms with van der Waals surface area (Å²) in [6, 6.07) is 5.97. The van der Waals surface area contributed by atoms with E-state index in [4.69, 9.17) is 0 Å². The van der Waals surface area contributed by atoms with Crippen LogP contribution in [0.2, 0.25) is 0 Å². The Bertz CT molecular complexity index is 872. The van der Waals surface area contributed by atoms with Crippen LogP contribution in [0.4, 0.5) is 4.39 Å². The summed E-state index contributed by atoms with van der Waals surface area (Å²) in [5.41, 5.74) is 1.66. The third-order valence-corrected chi connectivity index (χ3v) is 4.24. The predicted octanol–water partition coefficient (Wildman–Crippen LogP) is 2.81. The smallest absolute Gasteiger partial charge is 0.252 e. The number of rotatable bonds is 4. The van der Waals surface area contributed by atoms with Crippen molar-refractivity contribution in [2.45, 2.75) is 20.3 Å². The van der Waals surface area contributed by atoms with Gasteiger partial charge in [-0.05, 0) is 32.0 Å². The highest BCUT2D eigenvalue weighted by Gasteiger charge is 2.12. The van der Waals surface area contributed by atoms with Crippen molar-refractivity contribution >= 4 is 28.1 Å². The number of carbonyl (C=O) groups excluding carboxylic acids is 1. The zero-order valence-corrected chi connectivity index (χ0v) is 13.6. The minimum atomic E-state index is -0.367. The molecule has 0 aliphatic rings. The number of aryl methyl sites for hydroxylation is 2. The van der Waals surface area contributed by atoms with Crippen molar-refractivity contribution in [1.82, 2.24) is 20.5 Å². The van der Waals surface area contributed by atoms with E-state index in [9.17, 15) is 9.18 Å². The summed E-state index contributed by atoms with van der Waals surface area (Å²) < 4.78 is 13.3. The molecule has 23 heavy (non-hydrogen) atoms. The number of hydrogen-bond donors (Lipinski definition) is 1. The Morgan fingerprint density at radius 3 is 2.83 bits per heavy atom. The molecule has 0 aliphatic heterocycles. The molecule has 7 heteroatoms. The first-order valence-corrected chi connectivity index (χ1v) is 7.98. The summed E-state index contributed by atoms with van der Waals surface area (Å²) in [4.78, 5) is 16.7. The molecule has 3 rings (SSSR count). The molecule has 1 N–H and O–H groups in total. The lowest BCUT2D eigenvalue weighted by Gasteiger charge is -2.08. The van der Waals surface area contributed by atoms with E-state index >= 15 is 0 Å². The molecule has 0 bridgehead atoms. The maximum absolute atomic E-state index is 13.3.